The number of alkyl halides is 3. The number of fused-ring (bicyclic) bond motifs is 1. The first-order valence-corrected chi connectivity index (χ1v) is 11.5. The molecule has 1 N–H and O–H groups in total. The Kier molecular flexibility index (Phi) is 5.57. The Hall–Kier alpha value is -3.72. The monoisotopic (exact) mass is 480 g/mol. The molecule has 0 saturated heterocycles. The second kappa shape index (κ2) is 8.57. The van der Waals surface area contributed by atoms with Crippen molar-refractivity contribution in [3.8, 4) is 22.4 Å². The number of hydrogen-bond acceptors (Lipinski definition) is 4. The first-order valence-electron chi connectivity index (χ1n) is 10.6. The first kappa shape index (κ1) is 22.1. The van der Waals surface area contributed by atoms with Crippen molar-refractivity contribution in [1.82, 2.24) is 19.7 Å². The lowest BCUT2D eigenvalue weighted by atomic mass is 10.0. The minimum Gasteiger partial charge on any atom is -0.307 e. The van der Waals surface area contributed by atoms with Crippen LogP contribution in [0.25, 0.3) is 33.4 Å². The van der Waals surface area contributed by atoms with Crippen LogP contribution in [0.4, 0.5) is 13.2 Å². The molecule has 5 rings (SSSR count). The van der Waals surface area contributed by atoms with Gasteiger partial charge in [-0.25, -0.2) is 9.67 Å². The van der Waals surface area contributed by atoms with Crippen molar-refractivity contribution < 1.29 is 13.2 Å². The van der Waals surface area contributed by atoms with Crippen molar-refractivity contribution in [1.29, 1.82) is 0 Å². The quantitative estimate of drug-likeness (QED) is 0.331. The minimum atomic E-state index is -4.63. The molecule has 0 aliphatic rings. The van der Waals surface area contributed by atoms with Crippen LogP contribution < -0.4 is 5.56 Å². The number of nitrogens with one attached hydrogen (secondary N) is 1. The summed E-state index contributed by atoms with van der Waals surface area (Å²) in [6.07, 6.45) is -4.16. The van der Waals surface area contributed by atoms with Gasteiger partial charge in [-0.15, -0.1) is 11.3 Å². The van der Waals surface area contributed by atoms with Gasteiger partial charge >= 0.3 is 6.18 Å². The van der Waals surface area contributed by atoms with Crippen LogP contribution >= 0.6 is 11.3 Å². The molecule has 5 aromatic rings. The van der Waals surface area contributed by atoms with Crippen molar-refractivity contribution in [2.45, 2.75) is 26.1 Å². The summed E-state index contributed by atoms with van der Waals surface area (Å²) in [4.78, 5) is 19.0. The Bertz CT molecular complexity index is 1520. The van der Waals surface area contributed by atoms with Crippen molar-refractivity contribution in [2.75, 3.05) is 0 Å². The van der Waals surface area contributed by atoms with E-state index in [4.69, 9.17) is 0 Å². The Morgan fingerprint density at radius 1 is 1.00 bits per heavy atom. The maximum atomic E-state index is 13.4. The fraction of sp³-hybridized carbons (Fsp3) is 0.160. The zero-order valence-corrected chi connectivity index (χ0v) is 18.9. The molecule has 172 valence electrons. The van der Waals surface area contributed by atoms with E-state index in [9.17, 15) is 18.0 Å². The molecule has 0 radical (unpaired) electrons. The third kappa shape index (κ3) is 4.26. The van der Waals surface area contributed by atoms with Gasteiger partial charge < -0.3 is 4.98 Å². The van der Waals surface area contributed by atoms with Crippen LogP contribution in [0.3, 0.4) is 0 Å². The van der Waals surface area contributed by atoms with Crippen LogP contribution in [0.5, 0.6) is 0 Å². The van der Waals surface area contributed by atoms with Crippen molar-refractivity contribution in [3.63, 3.8) is 0 Å². The largest absolute Gasteiger partial charge is 0.417 e. The molecule has 0 aliphatic carbocycles. The zero-order chi connectivity index (χ0) is 23.9. The average molecular weight is 481 g/mol. The maximum absolute atomic E-state index is 13.4. The summed E-state index contributed by atoms with van der Waals surface area (Å²) < 4.78 is 41.7. The van der Waals surface area contributed by atoms with E-state index < -0.39 is 17.3 Å². The zero-order valence-electron chi connectivity index (χ0n) is 18.1. The maximum Gasteiger partial charge on any atom is 0.417 e. The van der Waals surface area contributed by atoms with Crippen LogP contribution in [0.1, 0.15) is 16.3 Å². The van der Waals surface area contributed by atoms with E-state index in [-0.39, 0.29) is 16.7 Å². The summed E-state index contributed by atoms with van der Waals surface area (Å²) in [5.74, 6) is 0. The highest BCUT2D eigenvalue weighted by molar-refractivity contribution is 7.09. The van der Waals surface area contributed by atoms with Crippen molar-refractivity contribution in [2.24, 2.45) is 0 Å². The van der Waals surface area contributed by atoms with E-state index in [1.54, 1.807) is 0 Å². The second-order valence-corrected chi connectivity index (χ2v) is 8.84. The number of aromatic amines is 1. The number of pyridine rings is 1. The standard InChI is InChI=1S/C25H19F3N4OS/c1-15-23-19(25(26,27)28)13-21(33)30-24(23)32(31-15)12-11-22-29-20(14-34-22)18-9-7-17(8-10-18)16-5-3-2-4-6-16/h2-10,13-14H,11-12H2,1H3,(H,30,33). The average Bonchev–Trinajstić information content (AvgIpc) is 3.42. The van der Waals surface area contributed by atoms with Gasteiger partial charge in [-0.3, -0.25) is 4.79 Å². The topological polar surface area (TPSA) is 63.6 Å². The molecule has 0 aliphatic heterocycles. The molecule has 3 aromatic heterocycles. The molecule has 0 amide bonds. The number of thiazole rings is 1. The summed E-state index contributed by atoms with van der Waals surface area (Å²) in [5.41, 5.74) is 2.61. The first-order chi connectivity index (χ1) is 16.3. The van der Waals surface area contributed by atoms with Crippen LogP contribution in [0.15, 0.2) is 70.8 Å². The van der Waals surface area contributed by atoms with Gasteiger partial charge in [0.15, 0.2) is 0 Å². The lowest BCUT2D eigenvalue weighted by Gasteiger charge is -2.08. The van der Waals surface area contributed by atoms with E-state index in [1.165, 1.54) is 22.9 Å². The summed E-state index contributed by atoms with van der Waals surface area (Å²) in [6.45, 7) is 1.80. The van der Waals surface area contributed by atoms with E-state index >= 15 is 0 Å². The minimum absolute atomic E-state index is 0.0746. The van der Waals surface area contributed by atoms with Crippen LogP contribution in [-0.2, 0) is 19.1 Å². The van der Waals surface area contributed by atoms with Gasteiger partial charge in [-0.1, -0.05) is 54.6 Å². The van der Waals surface area contributed by atoms with Gasteiger partial charge in [0.25, 0.3) is 0 Å². The Balaban J connectivity index is 1.36. The van der Waals surface area contributed by atoms with Crippen molar-refractivity contribution in [3.05, 3.63) is 92.7 Å². The SMILES string of the molecule is Cc1nn(CCc2nc(-c3ccc(-c4ccccc4)cc3)cs2)c2[nH]c(=O)cc(C(F)(F)F)c12. The molecule has 34 heavy (non-hydrogen) atoms. The molecule has 5 nitrogen and oxygen atoms in total. The van der Waals surface area contributed by atoms with Crippen LogP contribution in [0.2, 0.25) is 0 Å². The summed E-state index contributed by atoms with van der Waals surface area (Å²) >= 11 is 1.48. The number of halogens is 3. The van der Waals surface area contributed by atoms with E-state index in [1.807, 2.05) is 35.7 Å². The highest BCUT2D eigenvalue weighted by Crippen LogP contribution is 2.34. The highest BCUT2D eigenvalue weighted by Gasteiger charge is 2.35. The third-order valence-corrected chi connectivity index (χ3v) is 6.50. The number of benzene rings is 2. The van der Waals surface area contributed by atoms with Gasteiger partial charge in [0.1, 0.15) is 5.65 Å². The van der Waals surface area contributed by atoms with E-state index in [0.29, 0.717) is 19.0 Å². The number of aromatic nitrogens is 4. The fourth-order valence-electron chi connectivity index (χ4n) is 4.00. The Labute approximate surface area is 196 Å². The molecule has 0 spiro atoms. The van der Waals surface area contributed by atoms with Gasteiger partial charge in [0, 0.05) is 30.0 Å². The number of hydrogen-bond donors (Lipinski definition) is 1. The summed E-state index contributed by atoms with van der Waals surface area (Å²) in [5, 5.41) is 6.96. The smallest absolute Gasteiger partial charge is 0.307 e. The highest BCUT2D eigenvalue weighted by atomic mass is 32.1. The molecule has 0 fully saturated rings. The number of rotatable bonds is 5. The van der Waals surface area contributed by atoms with Gasteiger partial charge in [-0.2, -0.15) is 18.3 Å². The molecule has 0 bridgehead atoms. The Morgan fingerprint density at radius 2 is 1.68 bits per heavy atom. The Morgan fingerprint density at radius 3 is 2.38 bits per heavy atom. The molecule has 0 atom stereocenters. The lowest BCUT2D eigenvalue weighted by molar-refractivity contribution is -0.136. The number of nitrogens with zero attached hydrogens (tertiary/aromatic N) is 3. The molecule has 9 heteroatoms. The predicted octanol–water partition coefficient (Wildman–Crippen LogP) is 6.09. The second-order valence-electron chi connectivity index (χ2n) is 7.90. The van der Waals surface area contributed by atoms with E-state index in [2.05, 4.69) is 39.3 Å². The molecule has 3 heterocycles. The normalized spacial score (nSPS) is 11.9. The lowest BCUT2D eigenvalue weighted by Crippen LogP contribution is -2.15. The predicted molar refractivity (Wildman–Crippen MR) is 127 cm³/mol. The van der Waals surface area contributed by atoms with Crippen molar-refractivity contribution >= 4 is 22.4 Å². The van der Waals surface area contributed by atoms with Crippen LogP contribution in [-0.4, -0.2) is 19.7 Å². The fourth-order valence-corrected chi connectivity index (χ4v) is 4.79. The molecular formula is C25H19F3N4OS. The molecule has 0 saturated carbocycles. The van der Waals surface area contributed by atoms with Crippen LogP contribution in [0, 0.1) is 6.92 Å². The molecule has 0 unspecified atom stereocenters. The van der Waals surface area contributed by atoms with Gasteiger partial charge in [0.05, 0.1) is 27.3 Å². The molecule has 2 aromatic carbocycles. The van der Waals surface area contributed by atoms with Gasteiger partial charge in [0.2, 0.25) is 5.56 Å². The summed E-state index contributed by atoms with van der Waals surface area (Å²) in [6, 6.07) is 18.8. The number of H-pyrrole nitrogens is 1. The van der Waals surface area contributed by atoms with Gasteiger partial charge in [-0.05, 0) is 18.1 Å². The number of aryl methyl sites for hydroxylation is 3. The summed E-state index contributed by atoms with van der Waals surface area (Å²) in [7, 11) is 0. The third-order valence-electron chi connectivity index (χ3n) is 5.60. The molecular weight excluding hydrogens is 461 g/mol. The van der Waals surface area contributed by atoms with E-state index in [0.717, 1.165) is 27.4 Å².